The summed E-state index contributed by atoms with van der Waals surface area (Å²) in [6.07, 6.45) is 0. The summed E-state index contributed by atoms with van der Waals surface area (Å²) in [5, 5.41) is 11.8. The fraction of sp³-hybridized carbons (Fsp3) is 0.300. The fourth-order valence-electron chi connectivity index (χ4n) is 1.05. The Morgan fingerprint density at radius 3 is 2.31 bits per heavy atom. The van der Waals surface area contributed by atoms with Crippen molar-refractivity contribution in [1.82, 2.24) is 5.32 Å². The van der Waals surface area contributed by atoms with E-state index in [0.717, 1.165) is 5.56 Å². The summed E-state index contributed by atoms with van der Waals surface area (Å²) in [7, 11) is 1.70. The number of hydrogen-bond donors (Lipinski definition) is 1. The zero-order chi connectivity index (χ0) is 9.90. The largest absolute Gasteiger partial charge is 0.299 e. The van der Waals surface area contributed by atoms with Gasteiger partial charge in [-0.2, -0.15) is 5.26 Å². The summed E-state index contributed by atoms with van der Waals surface area (Å²) in [5.41, 5.74) is 0.0205. The van der Waals surface area contributed by atoms with Crippen molar-refractivity contribution in [3.8, 4) is 6.07 Å². The van der Waals surface area contributed by atoms with E-state index in [1.54, 1.807) is 26.1 Å². The Kier molecular flexibility index (Phi) is 2.64. The van der Waals surface area contributed by atoms with Gasteiger partial charge in [0.05, 0.1) is 6.07 Å². The first-order valence-corrected chi connectivity index (χ1v) is 3.98. The topological polar surface area (TPSA) is 35.8 Å². The van der Waals surface area contributed by atoms with Gasteiger partial charge in [-0.3, -0.25) is 5.32 Å². The fourth-order valence-corrected chi connectivity index (χ4v) is 1.05. The zero-order valence-corrected chi connectivity index (χ0v) is 7.63. The molecule has 0 saturated carbocycles. The van der Waals surface area contributed by atoms with E-state index in [1.807, 2.05) is 0 Å². The molecule has 0 aliphatic carbocycles. The van der Waals surface area contributed by atoms with Crippen LogP contribution in [0.3, 0.4) is 0 Å². The van der Waals surface area contributed by atoms with Crippen LogP contribution in [0.4, 0.5) is 4.39 Å². The van der Waals surface area contributed by atoms with Crippen LogP contribution >= 0.6 is 0 Å². The molecule has 0 spiro atoms. The van der Waals surface area contributed by atoms with E-state index in [1.165, 1.54) is 12.1 Å². The number of benzene rings is 1. The highest BCUT2D eigenvalue weighted by molar-refractivity contribution is 5.30. The maximum Gasteiger partial charge on any atom is 0.129 e. The summed E-state index contributed by atoms with van der Waals surface area (Å²) in [6.45, 7) is 1.75. The van der Waals surface area contributed by atoms with Crippen LogP contribution in [0.1, 0.15) is 12.5 Å². The van der Waals surface area contributed by atoms with Crippen LogP contribution in [0.15, 0.2) is 24.3 Å². The van der Waals surface area contributed by atoms with Crippen LogP contribution in [0, 0.1) is 17.1 Å². The van der Waals surface area contributed by atoms with Crippen molar-refractivity contribution in [2.24, 2.45) is 0 Å². The lowest BCUT2D eigenvalue weighted by molar-refractivity contribution is 0.516. The summed E-state index contributed by atoms with van der Waals surface area (Å²) in [6, 6.07) is 8.04. The third-order valence-corrected chi connectivity index (χ3v) is 2.15. The minimum atomic E-state index is -0.742. The third-order valence-electron chi connectivity index (χ3n) is 2.15. The second-order valence-corrected chi connectivity index (χ2v) is 2.99. The number of nitrogens with zero attached hydrogens (tertiary/aromatic N) is 1. The molecule has 0 aliphatic heterocycles. The predicted molar refractivity (Wildman–Crippen MR) is 48.4 cm³/mol. The molecule has 0 fully saturated rings. The van der Waals surface area contributed by atoms with Gasteiger partial charge in [-0.05, 0) is 31.7 Å². The highest BCUT2D eigenvalue weighted by Crippen LogP contribution is 2.19. The minimum absolute atomic E-state index is 0.292. The molecule has 0 aliphatic rings. The van der Waals surface area contributed by atoms with Gasteiger partial charge >= 0.3 is 0 Å². The average molecular weight is 178 g/mol. The summed E-state index contributed by atoms with van der Waals surface area (Å²) in [5.74, 6) is -0.292. The standard InChI is InChI=1S/C10H11FN2/c1-10(7-12,13-2)8-3-5-9(11)6-4-8/h3-6,13H,1-2H3. The highest BCUT2D eigenvalue weighted by atomic mass is 19.1. The number of rotatable bonds is 2. The van der Waals surface area contributed by atoms with E-state index >= 15 is 0 Å². The van der Waals surface area contributed by atoms with Gasteiger partial charge in [0.25, 0.3) is 0 Å². The molecule has 13 heavy (non-hydrogen) atoms. The van der Waals surface area contributed by atoms with Crippen molar-refractivity contribution >= 4 is 0 Å². The Balaban J connectivity index is 3.08. The maximum absolute atomic E-state index is 12.6. The number of nitriles is 1. The summed E-state index contributed by atoms with van der Waals surface area (Å²) < 4.78 is 12.6. The molecule has 1 N–H and O–H groups in total. The van der Waals surface area contributed by atoms with Crippen molar-refractivity contribution < 1.29 is 4.39 Å². The number of nitrogens with one attached hydrogen (secondary N) is 1. The predicted octanol–water partition coefficient (Wildman–Crippen LogP) is 1.78. The van der Waals surface area contributed by atoms with Crippen molar-refractivity contribution in [3.05, 3.63) is 35.6 Å². The molecule has 1 aromatic carbocycles. The molecule has 1 atom stereocenters. The molecule has 1 rings (SSSR count). The molecule has 3 heteroatoms. The molecule has 0 bridgehead atoms. The molecule has 1 aromatic rings. The summed E-state index contributed by atoms with van der Waals surface area (Å²) >= 11 is 0. The van der Waals surface area contributed by atoms with Crippen LogP contribution < -0.4 is 5.32 Å². The average Bonchev–Trinajstić information content (AvgIpc) is 2.18. The van der Waals surface area contributed by atoms with Crippen LogP contribution in [-0.2, 0) is 5.54 Å². The van der Waals surface area contributed by atoms with Gasteiger partial charge < -0.3 is 0 Å². The normalized spacial score (nSPS) is 14.6. The van der Waals surface area contributed by atoms with Gasteiger partial charge in [0.1, 0.15) is 11.4 Å². The molecule has 0 aromatic heterocycles. The smallest absolute Gasteiger partial charge is 0.129 e. The molecule has 1 unspecified atom stereocenters. The molecule has 0 amide bonds. The molecular weight excluding hydrogens is 167 g/mol. The third kappa shape index (κ3) is 1.85. The zero-order valence-electron chi connectivity index (χ0n) is 7.63. The van der Waals surface area contributed by atoms with Crippen LogP contribution in [0.2, 0.25) is 0 Å². The molecule has 0 radical (unpaired) electrons. The van der Waals surface area contributed by atoms with E-state index < -0.39 is 5.54 Å². The van der Waals surface area contributed by atoms with Crippen molar-refractivity contribution in [2.75, 3.05) is 7.05 Å². The first kappa shape index (κ1) is 9.69. The van der Waals surface area contributed by atoms with E-state index in [4.69, 9.17) is 5.26 Å². The SMILES string of the molecule is CNC(C)(C#N)c1ccc(F)cc1. The van der Waals surface area contributed by atoms with E-state index in [0.29, 0.717) is 0 Å². The summed E-state index contributed by atoms with van der Waals surface area (Å²) in [4.78, 5) is 0. The van der Waals surface area contributed by atoms with Crippen molar-refractivity contribution in [2.45, 2.75) is 12.5 Å². The number of halogens is 1. The Labute approximate surface area is 77.0 Å². The van der Waals surface area contributed by atoms with Gasteiger partial charge in [0.2, 0.25) is 0 Å². The Morgan fingerprint density at radius 2 is 1.92 bits per heavy atom. The van der Waals surface area contributed by atoms with Crippen molar-refractivity contribution in [1.29, 1.82) is 5.26 Å². The Hall–Kier alpha value is -1.40. The second-order valence-electron chi connectivity index (χ2n) is 2.99. The monoisotopic (exact) mass is 178 g/mol. The first-order valence-electron chi connectivity index (χ1n) is 3.98. The molecule has 68 valence electrons. The maximum atomic E-state index is 12.6. The molecule has 2 nitrogen and oxygen atoms in total. The minimum Gasteiger partial charge on any atom is -0.299 e. The van der Waals surface area contributed by atoms with E-state index in [2.05, 4.69) is 11.4 Å². The van der Waals surface area contributed by atoms with Gasteiger partial charge in [0, 0.05) is 0 Å². The first-order chi connectivity index (χ1) is 6.12. The van der Waals surface area contributed by atoms with Gasteiger partial charge in [0.15, 0.2) is 0 Å². The quantitative estimate of drug-likeness (QED) is 0.749. The van der Waals surface area contributed by atoms with Crippen LogP contribution in [0.25, 0.3) is 0 Å². The van der Waals surface area contributed by atoms with Crippen molar-refractivity contribution in [3.63, 3.8) is 0 Å². The van der Waals surface area contributed by atoms with Crippen LogP contribution in [-0.4, -0.2) is 7.05 Å². The Morgan fingerprint density at radius 1 is 1.38 bits per heavy atom. The second kappa shape index (κ2) is 3.55. The lowest BCUT2D eigenvalue weighted by atomic mass is 9.94. The van der Waals surface area contributed by atoms with E-state index in [-0.39, 0.29) is 5.82 Å². The van der Waals surface area contributed by atoms with Crippen LogP contribution in [0.5, 0.6) is 0 Å². The van der Waals surface area contributed by atoms with Gasteiger partial charge in [-0.15, -0.1) is 0 Å². The van der Waals surface area contributed by atoms with E-state index in [9.17, 15) is 4.39 Å². The van der Waals surface area contributed by atoms with Gasteiger partial charge in [-0.25, -0.2) is 4.39 Å². The van der Waals surface area contributed by atoms with Gasteiger partial charge in [-0.1, -0.05) is 12.1 Å². The lowest BCUT2D eigenvalue weighted by Crippen LogP contribution is -2.34. The molecule has 0 saturated heterocycles. The molecular formula is C10H11FN2. The number of hydrogen-bond acceptors (Lipinski definition) is 2. The molecule has 0 heterocycles. The highest BCUT2D eigenvalue weighted by Gasteiger charge is 2.23. The lowest BCUT2D eigenvalue weighted by Gasteiger charge is -2.20. The Bertz CT molecular complexity index is 326.